The number of hydrogen-bond acceptors (Lipinski definition) is 1. The zero-order valence-corrected chi connectivity index (χ0v) is 16.4. The fourth-order valence-electron chi connectivity index (χ4n) is 4.65. The first-order valence-corrected chi connectivity index (χ1v) is 10.3. The minimum absolute atomic E-state index is 0.0870. The van der Waals surface area contributed by atoms with E-state index in [0.29, 0.717) is 5.92 Å². The van der Waals surface area contributed by atoms with Crippen LogP contribution in [0.1, 0.15) is 66.2 Å². The minimum Gasteiger partial charge on any atom is -0.371 e. The van der Waals surface area contributed by atoms with Crippen molar-refractivity contribution in [3.05, 3.63) is 23.8 Å². The van der Waals surface area contributed by atoms with Gasteiger partial charge in [0.2, 0.25) is 0 Å². The van der Waals surface area contributed by atoms with Gasteiger partial charge >= 0.3 is 0 Å². The smallest absolute Gasteiger partial charge is 0.0872 e. The fraction of sp³-hybridized carbons (Fsp3) is 0.818. The van der Waals surface area contributed by atoms with E-state index >= 15 is 0 Å². The van der Waals surface area contributed by atoms with Crippen LogP contribution in [-0.4, -0.2) is 42.4 Å². The van der Waals surface area contributed by atoms with E-state index in [0.717, 1.165) is 25.0 Å². The van der Waals surface area contributed by atoms with Crippen molar-refractivity contribution in [2.24, 2.45) is 11.8 Å². The summed E-state index contributed by atoms with van der Waals surface area (Å²) in [6.07, 6.45) is 15.0. The van der Waals surface area contributed by atoms with Crippen LogP contribution in [0.4, 0.5) is 0 Å². The number of likely N-dealkylation sites (tertiary alicyclic amines) is 1. The lowest BCUT2D eigenvalue weighted by Gasteiger charge is -2.39. The largest absolute Gasteiger partial charge is 0.371 e. The molecule has 0 aromatic carbocycles. The van der Waals surface area contributed by atoms with Gasteiger partial charge in [-0.15, -0.1) is 0 Å². The molecular weight excluding hydrogens is 294 g/mol. The Bertz CT molecular complexity index is 490. The van der Waals surface area contributed by atoms with Crippen LogP contribution in [0.2, 0.25) is 0 Å². The molecule has 1 saturated carbocycles. The molecule has 3 rings (SSSR count). The zero-order chi connectivity index (χ0) is 17.2. The van der Waals surface area contributed by atoms with Gasteiger partial charge in [0.1, 0.15) is 0 Å². The van der Waals surface area contributed by atoms with Gasteiger partial charge in [0, 0.05) is 25.2 Å². The number of quaternary nitrogens is 1. The molecule has 0 aromatic heterocycles. The van der Waals surface area contributed by atoms with E-state index in [1.807, 2.05) is 0 Å². The summed E-state index contributed by atoms with van der Waals surface area (Å²) in [5.41, 5.74) is 1.37. The zero-order valence-electron chi connectivity index (χ0n) is 16.4. The maximum absolute atomic E-state index is 6.32. The van der Waals surface area contributed by atoms with Crippen LogP contribution >= 0.6 is 0 Å². The van der Waals surface area contributed by atoms with Gasteiger partial charge in [-0.3, -0.25) is 0 Å². The van der Waals surface area contributed by atoms with Crippen molar-refractivity contribution in [3.8, 4) is 0 Å². The molecule has 2 aliphatic carbocycles. The molecule has 0 bridgehead atoms. The van der Waals surface area contributed by atoms with Crippen LogP contribution in [0.25, 0.3) is 0 Å². The molecular formula is C22H38NO+. The fourth-order valence-corrected chi connectivity index (χ4v) is 4.65. The van der Waals surface area contributed by atoms with E-state index in [4.69, 9.17) is 4.74 Å². The Morgan fingerprint density at radius 2 is 2.08 bits per heavy atom. The normalized spacial score (nSPS) is 36.4. The molecule has 3 unspecified atom stereocenters. The monoisotopic (exact) mass is 332 g/mol. The summed E-state index contributed by atoms with van der Waals surface area (Å²) < 4.78 is 7.70. The van der Waals surface area contributed by atoms with E-state index in [1.165, 1.54) is 61.8 Å². The van der Waals surface area contributed by atoms with Gasteiger partial charge in [0.05, 0.1) is 37.9 Å². The van der Waals surface area contributed by atoms with Crippen LogP contribution in [0, 0.1) is 11.8 Å². The molecule has 3 aliphatic rings. The predicted octanol–water partition coefficient (Wildman–Crippen LogP) is 5.10. The third-order valence-corrected chi connectivity index (χ3v) is 6.70. The lowest BCUT2D eigenvalue weighted by molar-refractivity contribution is -0.939. The summed E-state index contributed by atoms with van der Waals surface area (Å²) in [6.45, 7) is 14.3. The second-order valence-electron chi connectivity index (χ2n) is 9.19. The van der Waals surface area contributed by atoms with E-state index in [-0.39, 0.29) is 5.60 Å². The highest BCUT2D eigenvalue weighted by molar-refractivity contribution is 5.28. The van der Waals surface area contributed by atoms with Crippen molar-refractivity contribution in [1.82, 2.24) is 0 Å². The SMILES string of the molecule is CC(C)C1=CCC(C)(OCCC[N+]2(CC3CC3)CCCC2C)C=C1. The van der Waals surface area contributed by atoms with Crippen LogP contribution in [0.15, 0.2) is 23.8 Å². The Labute approximate surface area is 149 Å². The Balaban J connectivity index is 1.45. The highest BCUT2D eigenvalue weighted by Crippen LogP contribution is 2.37. The summed E-state index contributed by atoms with van der Waals surface area (Å²) in [4.78, 5) is 0. The molecule has 1 aliphatic heterocycles. The van der Waals surface area contributed by atoms with Crippen molar-refractivity contribution >= 4 is 0 Å². The maximum Gasteiger partial charge on any atom is 0.0872 e. The summed E-state index contributed by atoms with van der Waals surface area (Å²) in [5, 5.41) is 0. The molecule has 0 spiro atoms. The lowest BCUT2D eigenvalue weighted by Crippen LogP contribution is -2.52. The highest BCUT2D eigenvalue weighted by atomic mass is 16.5. The second kappa shape index (κ2) is 7.33. The molecule has 136 valence electrons. The Morgan fingerprint density at radius 3 is 2.62 bits per heavy atom. The lowest BCUT2D eigenvalue weighted by atomic mass is 9.89. The average Bonchev–Trinajstić information content (AvgIpc) is 3.28. The third-order valence-electron chi connectivity index (χ3n) is 6.70. The van der Waals surface area contributed by atoms with Gasteiger partial charge in [-0.25, -0.2) is 0 Å². The second-order valence-corrected chi connectivity index (χ2v) is 9.19. The Kier molecular flexibility index (Phi) is 5.56. The standard InChI is InChI=1S/C22H38NO/c1-18(2)21-10-12-22(4,13-11-21)24-16-6-15-23(17-20-8-9-20)14-5-7-19(23)3/h10-12,18-20H,5-9,13-17H2,1-4H3/q+1. The number of allylic oxidation sites excluding steroid dienone is 2. The summed E-state index contributed by atoms with van der Waals surface area (Å²) in [6, 6.07) is 0.868. The first kappa shape index (κ1) is 18.2. The van der Waals surface area contributed by atoms with Gasteiger partial charge in [-0.1, -0.05) is 32.1 Å². The Morgan fingerprint density at radius 1 is 1.29 bits per heavy atom. The van der Waals surface area contributed by atoms with Crippen LogP contribution in [0.3, 0.4) is 0 Å². The van der Waals surface area contributed by atoms with E-state index in [1.54, 1.807) is 0 Å². The van der Waals surface area contributed by atoms with E-state index in [9.17, 15) is 0 Å². The summed E-state index contributed by atoms with van der Waals surface area (Å²) in [7, 11) is 0. The predicted molar refractivity (Wildman–Crippen MR) is 102 cm³/mol. The molecule has 2 heteroatoms. The summed E-state index contributed by atoms with van der Waals surface area (Å²) in [5.74, 6) is 1.65. The van der Waals surface area contributed by atoms with Crippen LogP contribution in [0.5, 0.6) is 0 Å². The number of ether oxygens (including phenoxy) is 1. The molecule has 0 aromatic rings. The van der Waals surface area contributed by atoms with Crippen molar-refractivity contribution in [2.75, 3.05) is 26.2 Å². The topological polar surface area (TPSA) is 9.23 Å². The van der Waals surface area contributed by atoms with E-state index in [2.05, 4.69) is 45.9 Å². The molecule has 2 nitrogen and oxygen atoms in total. The Hall–Kier alpha value is -0.600. The summed E-state index contributed by atoms with van der Waals surface area (Å²) >= 11 is 0. The van der Waals surface area contributed by atoms with Gasteiger partial charge < -0.3 is 9.22 Å². The minimum atomic E-state index is -0.0870. The highest BCUT2D eigenvalue weighted by Gasteiger charge is 2.42. The third kappa shape index (κ3) is 4.32. The van der Waals surface area contributed by atoms with Gasteiger partial charge in [0.15, 0.2) is 0 Å². The molecule has 24 heavy (non-hydrogen) atoms. The van der Waals surface area contributed by atoms with Gasteiger partial charge in [0.25, 0.3) is 0 Å². The number of nitrogens with zero attached hydrogens (tertiary/aromatic N) is 1. The van der Waals surface area contributed by atoms with Crippen molar-refractivity contribution in [1.29, 1.82) is 0 Å². The van der Waals surface area contributed by atoms with Gasteiger partial charge in [-0.2, -0.15) is 0 Å². The van der Waals surface area contributed by atoms with Crippen molar-refractivity contribution < 1.29 is 9.22 Å². The molecule has 2 fully saturated rings. The number of rotatable bonds is 8. The first-order chi connectivity index (χ1) is 11.4. The van der Waals surface area contributed by atoms with Crippen LogP contribution in [-0.2, 0) is 4.74 Å². The quantitative estimate of drug-likeness (QED) is 0.444. The number of hydrogen-bond donors (Lipinski definition) is 0. The van der Waals surface area contributed by atoms with Gasteiger partial charge in [-0.05, 0) is 44.6 Å². The average molecular weight is 333 g/mol. The molecule has 3 atom stereocenters. The molecule has 1 saturated heterocycles. The molecule has 0 amide bonds. The first-order valence-electron chi connectivity index (χ1n) is 10.3. The molecule has 0 radical (unpaired) electrons. The van der Waals surface area contributed by atoms with E-state index < -0.39 is 0 Å². The molecule has 0 N–H and O–H groups in total. The van der Waals surface area contributed by atoms with Crippen molar-refractivity contribution in [2.45, 2.75) is 77.9 Å². The van der Waals surface area contributed by atoms with Crippen molar-refractivity contribution in [3.63, 3.8) is 0 Å². The molecule has 1 heterocycles. The maximum atomic E-state index is 6.32. The van der Waals surface area contributed by atoms with Crippen LogP contribution < -0.4 is 0 Å².